The summed E-state index contributed by atoms with van der Waals surface area (Å²) in [4.78, 5) is 0. The summed E-state index contributed by atoms with van der Waals surface area (Å²) in [6.45, 7) is 1.98. The van der Waals surface area contributed by atoms with E-state index in [4.69, 9.17) is 9.47 Å². The number of hydrogen-bond acceptors (Lipinski definition) is 4. The van der Waals surface area contributed by atoms with Crippen LogP contribution in [0.1, 0.15) is 5.56 Å². The number of methoxy groups -OCH3 is 2. The van der Waals surface area contributed by atoms with Crippen LogP contribution in [0.4, 0.5) is 0 Å². The molecule has 0 saturated heterocycles. The number of nitrogens with zero attached hydrogens (tertiary/aromatic N) is 1. The second-order valence-electron chi connectivity index (χ2n) is 5.26. The van der Waals surface area contributed by atoms with E-state index in [-0.39, 0.29) is 5.75 Å². The summed E-state index contributed by atoms with van der Waals surface area (Å²) in [6, 6.07) is 13.0. The molecule has 0 radical (unpaired) electrons. The molecule has 3 rings (SSSR count). The van der Waals surface area contributed by atoms with Gasteiger partial charge in [-0.15, -0.1) is 0 Å². The van der Waals surface area contributed by atoms with Gasteiger partial charge in [0.15, 0.2) is 11.5 Å². The number of aromatic amines is 1. The van der Waals surface area contributed by atoms with E-state index in [0.29, 0.717) is 11.5 Å². The molecule has 2 aromatic carbocycles. The quantitative estimate of drug-likeness (QED) is 0.769. The SMILES string of the molecule is COc1ccc(-c2cc(-c3cc(C)ccc3O)[nH]n2)cc1OC. The molecular weight excluding hydrogens is 292 g/mol. The smallest absolute Gasteiger partial charge is 0.161 e. The molecule has 0 bridgehead atoms. The van der Waals surface area contributed by atoms with Gasteiger partial charge in [-0.05, 0) is 43.3 Å². The first-order valence-corrected chi connectivity index (χ1v) is 7.20. The van der Waals surface area contributed by atoms with E-state index in [9.17, 15) is 5.11 Å². The molecule has 1 aromatic heterocycles. The van der Waals surface area contributed by atoms with Gasteiger partial charge in [0.05, 0.1) is 25.6 Å². The van der Waals surface area contributed by atoms with E-state index in [2.05, 4.69) is 10.2 Å². The van der Waals surface area contributed by atoms with Crippen LogP contribution in [0.15, 0.2) is 42.5 Å². The average Bonchev–Trinajstić information content (AvgIpc) is 3.06. The maximum atomic E-state index is 10.0. The fourth-order valence-electron chi connectivity index (χ4n) is 2.47. The van der Waals surface area contributed by atoms with Crippen molar-refractivity contribution in [2.75, 3.05) is 14.2 Å². The maximum Gasteiger partial charge on any atom is 0.161 e. The van der Waals surface area contributed by atoms with Crippen LogP contribution < -0.4 is 9.47 Å². The molecule has 23 heavy (non-hydrogen) atoms. The molecule has 5 heteroatoms. The van der Waals surface area contributed by atoms with Crippen molar-refractivity contribution in [3.63, 3.8) is 0 Å². The summed E-state index contributed by atoms with van der Waals surface area (Å²) in [5, 5.41) is 17.3. The predicted molar refractivity (Wildman–Crippen MR) is 89.0 cm³/mol. The van der Waals surface area contributed by atoms with Gasteiger partial charge in [0, 0.05) is 11.1 Å². The van der Waals surface area contributed by atoms with E-state index >= 15 is 0 Å². The summed E-state index contributed by atoms with van der Waals surface area (Å²) in [5.41, 5.74) is 4.22. The number of hydrogen-bond donors (Lipinski definition) is 2. The van der Waals surface area contributed by atoms with Crippen molar-refractivity contribution < 1.29 is 14.6 Å². The standard InChI is InChI=1S/C18H18N2O3/c1-11-4-6-16(21)13(8-11)15-10-14(19-20-15)12-5-7-17(22-2)18(9-12)23-3/h4-10,21H,1-3H3,(H,19,20). The predicted octanol–water partition coefficient (Wildman–Crippen LogP) is 3.77. The van der Waals surface area contributed by atoms with E-state index < -0.39 is 0 Å². The van der Waals surface area contributed by atoms with Crippen molar-refractivity contribution in [3.05, 3.63) is 48.0 Å². The van der Waals surface area contributed by atoms with Gasteiger partial charge in [0.2, 0.25) is 0 Å². The van der Waals surface area contributed by atoms with Crippen LogP contribution in [0.2, 0.25) is 0 Å². The van der Waals surface area contributed by atoms with Gasteiger partial charge in [-0.1, -0.05) is 11.6 Å². The highest BCUT2D eigenvalue weighted by atomic mass is 16.5. The number of phenolic OH excluding ortho intramolecular Hbond substituents is 1. The molecule has 0 aliphatic heterocycles. The third-order valence-electron chi connectivity index (χ3n) is 3.70. The molecule has 0 aliphatic rings. The molecule has 3 aromatic rings. The molecule has 0 spiro atoms. The highest BCUT2D eigenvalue weighted by Gasteiger charge is 2.12. The van der Waals surface area contributed by atoms with E-state index in [1.165, 1.54) is 0 Å². The van der Waals surface area contributed by atoms with Crippen LogP contribution in [-0.4, -0.2) is 29.5 Å². The Hall–Kier alpha value is -2.95. The first-order valence-electron chi connectivity index (χ1n) is 7.20. The van der Waals surface area contributed by atoms with Crippen molar-refractivity contribution in [2.45, 2.75) is 6.92 Å². The first-order chi connectivity index (χ1) is 11.1. The Bertz CT molecular complexity index is 840. The van der Waals surface area contributed by atoms with Crippen LogP contribution in [0, 0.1) is 6.92 Å². The number of H-pyrrole nitrogens is 1. The summed E-state index contributed by atoms with van der Waals surface area (Å²) in [5.74, 6) is 1.54. The summed E-state index contributed by atoms with van der Waals surface area (Å²) in [7, 11) is 3.20. The minimum absolute atomic E-state index is 0.220. The normalized spacial score (nSPS) is 10.6. The van der Waals surface area contributed by atoms with Gasteiger partial charge in [0.1, 0.15) is 5.75 Å². The zero-order valence-electron chi connectivity index (χ0n) is 13.3. The maximum absolute atomic E-state index is 10.0. The number of benzene rings is 2. The Balaban J connectivity index is 2.00. The Morgan fingerprint density at radius 1 is 0.957 bits per heavy atom. The Morgan fingerprint density at radius 2 is 1.74 bits per heavy atom. The third-order valence-corrected chi connectivity index (χ3v) is 3.70. The van der Waals surface area contributed by atoms with Crippen molar-refractivity contribution >= 4 is 0 Å². The average molecular weight is 310 g/mol. The summed E-state index contributed by atoms with van der Waals surface area (Å²) >= 11 is 0. The molecule has 0 unspecified atom stereocenters. The monoisotopic (exact) mass is 310 g/mol. The van der Waals surface area contributed by atoms with Crippen LogP contribution in [0.5, 0.6) is 17.2 Å². The molecule has 2 N–H and O–H groups in total. The Kier molecular flexibility index (Phi) is 3.93. The minimum Gasteiger partial charge on any atom is -0.507 e. The molecule has 0 saturated carbocycles. The highest BCUT2D eigenvalue weighted by molar-refractivity contribution is 5.73. The molecule has 5 nitrogen and oxygen atoms in total. The Morgan fingerprint density at radius 3 is 2.48 bits per heavy atom. The molecule has 0 fully saturated rings. The fraction of sp³-hybridized carbons (Fsp3) is 0.167. The zero-order valence-corrected chi connectivity index (χ0v) is 13.3. The molecule has 0 aliphatic carbocycles. The summed E-state index contributed by atoms with van der Waals surface area (Å²) < 4.78 is 10.6. The van der Waals surface area contributed by atoms with E-state index in [0.717, 1.165) is 28.1 Å². The third kappa shape index (κ3) is 2.85. The number of aromatic nitrogens is 2. The lowest BCUT2D eigenvalue weighted by Gasteiger charge is -2.08. The van der Waals surface area contributed by atoms with E-state index in [1.807, 2.05) is 43.3 Å². The minimum atomic E-state index is 0.220. The van der Waals surface area contributed by atoms with E-state index in [1.54, 1.807) is 20.3 Å². The van der Waals surface area contributed by atoms with Gasteiger partial charge >= 0.3 is 0 Å². The topological polar surface area (TPSA) is 67.4 Å². The first kappa shape index (κ1) is 15.0. The van der Waals surface area contributed by atoms with Gasteiger partial charge in [-0.2, -0.15) is 5.10 Å². The molecule has 0 amide bonds. The van der Waals surface area contributed by atoms with Gasteiger partial charge in [-0.3, -0.25) is 5.10 Å². The van der Waals surface area contributed by atoms with Gasteiger partial charge < -0.3 is 14.6 Å². The van der Waals surface area contributed by atoms with Crippen molar-refractivity contribution in [1.82, 2.24) is 10.2 Å². The second-order valence-corrected chi connectivity index (χ2v) is 5.26. The zero-order chi connectivity index (χ0) is 16.4. The Labute approximate surface area is 134 Å². The van der Waals surface area contributed by atoms with Gasteiger partial charge in [-0.25, -0.2) is 0 Å². The molecule has 0 atom stereocenters. The number of nitrogens with one attached hydrogen (secondary N) is 1. The fourth-order valence-corrected chi connectivity index (χ4v) is 2.47. The van der Waals surface area contributed by atoms with Crippen LogP contribution >= 0.6 is 0 Å². The summed E-state index contributed by atoms with van der Waals surface area (Å²) in [6.07, 6.45) is 0. The number of aryl methyl sites for hydroxylation is 1. The lowest BCUT2D eigenvalue weighted by molar-refractivity contribution is 0.355. The molecular formula is C18H18N2O3. The number of phenols is 1. The van der Waals surface area contributed by atoms with Crippen LogP contribution in [-0.2, 0) is 0 Å². The molecule has 118 valence electrons. The highest BCUT2D eigenvalue weighted by Crippen LogP contribution is 2.34. The number of rotatable bonds is 4. The lowest BCUT2D eigenvalue weighted by atomic mass is 10.1. The van der Waals surface area contributed by atoms with Crippen molar-refractivity contribution in [3.8, 4) is 39.8 Å². The van der Waals surface area contributed by atoms with Gasteiger partial charge in [0.25, 0.3) is 0 Å². The van der Waals surface area contributed by atoms with Crippen molar-refractivity contribution in [1.29, 1.82) is 0 Å². The number of ether oxygens (including phenoxy) is 2. The van der Waals surface area contributed by atoms with Crippen LogP contribution in [0.3, 0.4) is 0 Å². The van der Waals surface area contributed by atoms with Crippen molar-refractivity contribution in [2.24, 2.45) is 0 Å². The molecule has 1 heterocycles. The lowest BCUT2D eigenvalue weighted by Crippen LogP contribution is -1.90. The largest absolute Gasteiger partial charge is 0.507 e. The number of aromatic hydroxyl groups is 1. The second kappa shape index (κ2) is 6.04. The van der Waals surface area contributed by atoms with Crippen LogP contribution in [0.25, 0.3) is 22.5 Å².